The molecular weight excluding hydrogens is 364 g/mol. The zero-order valence-corrected chi connectivity index (χ0v) is 17.9. The summed E-state index contributed by atoms with van der Waals surface area (Å²) in [4.78, 5) is 16.9. The molecule has 0 heterocycles. The lowest BCUT2D eigenvalue weighted by molar-refractivity contribution is 0.0474. The number of nitrogens with zero attached hydrogens (tertiary/aromatic N) is 1. The molecule has 0 aromatic heterocycles. The number of aliphatic imine (C=N–C) groups is 1. The average molecular weight is 397 g/mol. The quantitative estimate of drug-likeness (QED) is 0.486. The fraction of sp³-hybridized carbons (Fsp3) is 0.579. The molecule has 1 aromatic rings. The van der Waals surface area contributed by atoms with Gasteiger partial charge in [-0.15, -0.1) is 0 Å². The van der Waals surface area contributed by atoms with Crippen molar-refractivity contribution in [3.8, 4) is 0 Å². The first-order valence-electron chi connectivity index (χ1n) is 8.91. The zero-order valence-electron chi connectivity index (χ0n) is 17.1. The maximum absolute atomic E-state index is 12.2. The number of guanidine groups is 1. The highest BCUT2D eigenvalue weighted by molar-refractivity contribution is 7.85. The van der Waals surface area contributed by atoms with Gasteiger partial charge in [-0.05, 0) is 46.8 Å². The van der Waals surface area contributed by atoms with Crippen molar-refractivity contribution in [1.29, 1.82) is 0 Å². The second kappa shape index (κ2) is 10.3. The van der Waals surface area contributed by atoms with Gasteiger partial charge in [0.1, 0.15) is 5.60 Å². The minimum atomic E-state index is -1.06. The van der Waals surface area contributed by atoms with Crippen LogP contribution >= 0.6 is 0 Å². The van der Waals surface area contributed by atoms with Crippen molar-refractivity contribution < 1.29 is 13.7 Å². The Balaban J connectivity index is 2.40. The van der Waals surface area contributed by atoms with Gasteiger partial charge in [0.05, 0.1) is 16.3 Å². The third-order valence-corrected chi connectivity index (χ3v) is 4.72. The summed E-state index contributed by atoms with van der Waals surface area (Å²) < 4.78 is 17.5. The van der Waals surface area contributed by atoms with E-state index in [2.05, 4.69) is 20.9 Å². The van der Waals surface area contributed by atoms with Gasteiger partial charge in [0.2, 0.25) is 0 Å². The molecule has 0 saturated heterocycles. The number of rotatable bonds is 7. The molecular formula is C19H32N4O3S. The predicted octanol–water partition coefficient (Wildman–Crippen LogP) is 2.26. The third kappa shape index (κ3) is 9.98. The van der Waals surface area contributed by atoms with E-state index in [-0.39, 0.29) is 0 Å². The fourth-order valence-corrected chi connectivity index (χ4v) is 3.09. The zero-order chi connectivity index (χ0) is 20.5. The van der Waals surface area contributed by atoms with Gasteiger partial charge < -0.3 is 20.7 Å². The van der Waals surface area contributed by atoms with E-state index in [4.69, 9.17) is 4.74 Å². The topological polar surface area (TPSA) is 91.8 Å². The third-order valence-electron chi connectivity index (χ3n) is 3.35. The van der Waals surface area contributed by atoms with Crippen LogP contribution in [0.5, 0.6) is 0 Å². The smallest absolute Gasteiger partial charge is 0.408 e. The van der Waals surface area contributed by atoms with E-state index >= 15 is 0 Å². The lowest BCUT2D eigenvalue weighted by Crippen LogP contribution is -2.54. The molecule has 3 N–H and O–H groups in total. The molecule has 27 heavy (non-hydrogen) atoms. The Morgan fingerprint density at radius 1 is 1.11 bits per heavy atom. The Morgan fingerprint density at radius 3 is 2.30 bits per heavy atom. The monoisotopic (exact) mass is 396 g/mol. The number of hydrogen-bond donors (Lipinski definition) is 3. The number of amides is 1. The number of carbonyl (C=O) groups is 1. The molecule has 1 rings (SSSR count). The largest absolute Gasteiger partial charge is 0.444 e. The summed E-state index contributed by atoms with van der Waals surface area (Å²) in [6.07, 6.45) is -0.462. The molecule has 1 unspecified atom stereocenters. The van der Waals surface area contributed by atoms with E-state index in [1.54, 1.807) is 7.05 Å². The average Bonchev–Trinajstić information content (AvgIpc) is 2.56. The maximum Gasteiger partial charge on any atom is 0.408 e. The van der Waals surface area contributed by atoms with Crippen LogP contribution in [0.1, 0.15) is 34.6 Å². The predicted molar refractivity (Wildman–Crippen MR) is 111 cm³/mol. The van der Waals surface area contributed by atoms with E-state index in [0.717, 1.165) is 4.90 Å². The summed E-state index contributed by atoms with van der Waals surface area (Å²) in [6, 6.07) is 9.36. The molecule has 0 radical (unpaired) electrons. The number of benzene rings is 1. The lowest BCUT2D eigenvalue weighted by Gasteiger charge is -2.29. The van der Waals surface area contributed by atoms with Gasteiger partial charge in [-0.2, -0.15) is 0 Å². The van der Waals surface area contributed by atoms with Crippen molar-refractivity contribution in [3.05, 3.63) is 30.3 Å². The van der Waals surface area contributed by atoms with Crippen LogP contribution in [0.25, 0.3) is 0 Å². The van der Waals surface area contributed by atoms with Crippen LogP contribution in [0.3, 0.4) is 0 Å². The Hall–Kier alpha value is -2.09. The molecule has 1 atom stereocenters. The highest BCUT2D eigenvalue weighted by atomic mass is 32.2. The first-order chi connectivity index (χ1) is 12.5. The SMILES string of the molecule is CN=C(NCCS(=O)c1ccccc1)NCC(C)(C)NC(=O)OC(C)(C)C. The Labute approximate surface area is 164 Å². The van der Waals surface area contributed by atoms with Gasteiger partial charge in [0.15, 0.2) is 5.96 Å². The van der Waals surface area contributed by atoms with E-state index in [9.17, 15) is 9.00 Å². The van der Waals surface area contributed by atoms with Crippen molar-refractivity contribution in [2.24, 2.45) is 4.99 Å². The van der Waals surface area contributed by atoms with Crippen LogP contribution in [0, 0.1) is 0 Å². The van der Waals surface area contributed by atoms with Crippen molar-refractivity contribution >= 4 is 22.9 Å². The van der Waals surface area contributed by atoms with Gasteiger partial charge in [0.25, 0.3) is 0 Å². The van der Waals surface area contributed by atoms with Crippen molar-refractivity contribution in [3.63, 3.8) is 0 Å². The van der Waals surface area contributed by atoms with Gasteiger partial charge >= 0.3 is 6.09 Å². The molecule has 0 aliphatic rings. The van der Waals surface area contributed by atoms with Crippen molar-refractivity contribution in [1.82, 2.24) is 16.0 Å². The van der Waals surface area contributed by atoms with Gasteiger partial charge in [-0.3, -0.25) is 9.20 Å². The molecule has 1 aromatic carbocycles. The summed E-state index contributed by atoms with van der Waals surface area (Å²) in [5.41, 5.74) is -1.08. The first kappa shape index (κ1) is 23.0. The number of nitrogens with one attached hydrogen (secondary N) is 3. The van der Waals surface area contributed by atoms with Gasteiger partial charge in [-0.1, -0.05) is 18.2 Å². The maximum atomic E-state index is 12.2. The van der Waals surface area contributed by atoms with Gasteiger partial charge in [0, 0.05) is 30.8 Å². The van der Waals surface area contributed by atoms with Gasteiger partial charge in [-0.25, -0.2) is 4.79 Å². The van der Waals surface area contributed by atoms with E-state index in [1.165, 1.54) is 0 Å². The molecule has 7 nitrogen and oxygen atoms in total. The standard InChI is InChI=1S/C19H32N4O3S/c1-18(2,3)26-17(24)23-19(4,5)14-22-16(20-6)21-12-13-27(25)15-10-8-7-9-11-15/h7-11H,12-14H2,1-6H3,(H,23,24)(H2,20,21,22). The second-order valence-electron chi connectivity index (χ2n) is 7.73. The first-order valence-corrected chi connectivity index (χ1v) is 10.2. The van der Waals surface area contributed by atoms with Crippen molar-refractivity contribution in [2.45, 2.75) is 50.7 Å². The Morgan fingerprint density at radius 2 is 1.74 bits per heavy atom. The molecule has 0 aliphatic heterocycles. The number of hydrogen-bond acceptors (Lipinski definition) is 4. The summed E-state index contributed by atoms with van der Waals surface area (Å²) in [5, 5.41) is 9.13. The second-order valence-corrected chi connectivity index (χ2v) is 9.30. The highest BCUT2D eigenvalue weighted by Gasteiger charge is 2.24. The number of carbonyl (C=O) groups excluding carboxylic acids is 1. The lowest BCUT2D eigenvalue weighted by atomic mass is 10.1. The summed E-state index contributed by atoms with van der Waals surface area (Å²) >= 11 is 0. The molecule has 0 fully saturated rings. The van der Waals surface area contributed by atoms with Crippen molar-refractivity contribution in [2.75, 3.05) is 25.9 Å². The van der Waals surface area contributed by atoms with Crippen LogP contribution in [0.2, 0.25) is 0 Å². The normalized spacial score (nSPS) is 13.6. The molecule has 0 bridgehead atoms. The van der Waals surface area contributed by atoms with Crippen LogP contribution < -0.4 is 16.0 Å². The summed E-state index contributed by atoms with van der Waals surface area (Å²) in [7, 11) is 0.605. The highest BCUT2D eigenvalue weighted by Crippen LogP contribution is 2.09. The van der Waals surface area contributed by atoms with E-state index in [1.807, 2.05) is 65.0 Å². The molecule has 8 heteroatoms. The Bertz CT molecular complexity index is 655. The Kier molecular flexibility index (Phi) is 8.75. The molecule has 0 spiro atoms. The molecule has 0 saturated carbocycles. The van der Waals surface area contributed by atoms with E-state index < -0.39 is 28.0 Å². The minimum Gasteiger partial charge on any atom is -0.444 e. The van der Waals surface area contributed by atoms with E-state index in [0.29, 0.717) is 24.8 Å². The minimum absolute atomic E-state index is 0.452. The van der Waals surface area contributed by atoms with Crippen LogP contribution in [0.15, 0.2) is 40.2 Å². The van der Waals surface area contributed by atoms with Crippen LogP contribution in [-0.4, -0.2) is 53.3 Å². The molecule has 1 amide bonds. The number of ether oxygens (including phenoxy) is 1. The molecule has 152 valence electrons. The molecule has 0 aliphatic carbocycles. The summed E-state index contributed by atoms with van der Waals surface area (Å²) in [5.74, 6) is 1.06. The number of alkyl carbamates (subject to hydrolysis) is 1. The van der Waals surface area contributed by atoms with Crippen LogP contribution in [0.4, 0.5) is 4.79 Å². The summed E-state index contributed by atoms with van der Waals surface area (Å²) in [6.45, 7) is 10.2. The van der Waals surface area contributed by atoms with Crippen LogP contribution in [-0.2, 0) is 15.5 Å². The fourth-order valence-electron chi connectivity index (χ4n) is 2.10.